The average molecular weight is 263 g/mol. The average Bonchev–Trinajstić information content (AvgIpc) is 3.21. The molecule has 19 heavy (non-hydrogen) atoms. The number of nitrogens with zero attached hydrogens (tertiary/aromatic N) is 2. The van der Waals surface area contributed by atoms with Crippen LogP contribution in [0.3, 0.4) is 0 Å². The summed E-state index contributed by atoms with van der Waals surface area (Å²) in [4.78, 5) is 20.6. The van der Waals surface area contributed by atoms with E-state index in [4.69, 9.17) is 0 Å². The van der Waals surface area contributed by atoms with Gasteiger partial charge in [-0.25, -0.2) is 9.97 Å². The summed E-state index contributed by atoms with van der Waals surface area (Å²) in [7, 11) is 0. The second kappa shape index (κ2) is 6.10. The number of rotatable bonds is 6. The number of hydrogen-bond acceptors (Lipinski definition) is 4. The summed E-state index contributed by atoms with van der Waals surface area (Å²) in [5.74, 6) is 1.38. The maximum absolute atomic E-state index is 12.1. The Kier molecular flexibility index (Phi) is 4.47. The van der Waals surface area contributed by atoms with E-state index in [0.717, 1.165) is 25.1 Å². The highest BCUT2D eigenvalue weighted by Gasteiger charge is 2.27. The molecule has 2 N–H and O–H groups in total. The molecule has 1 aliphatic carbocycles. The number of aromatic nitrogens is 2. The van der Waals surface area contributed by atoms with Crippen molar-refractivity contribution in [3.8, 4) is 0 Å². The number of aliphatic hydroxyl groups excluding tert-OH is 1. The van der Waals surface area contributed by atoms with Crippen LogP contribution in [-0.4, -0.2) is 33.6 Å². The first-order chi connectivity index (χ1) is 9.10. The van der Waals surface area contributed by atoms with E-state index >= 15 is 0 Å². The highest BCUT2D eigenvalue weighted by Crippen LogP contribution is 2.37. The standard InChI is InChI=1S/C14H21N3O2/c1-9(2)7-11(8-18)16-14(19)12-5-6-15-13(17-12)10-3-4-10/h5-6,9-11,18H,3-4,7-8H2,1-2H3,(H,16,19). The van der Waals surface area contributed by atoms with Gasteiger partial charge >= 0.3 is 0 Å². The predicted octanol–water partition coefficient (Wildman–Crippen LogP) is 1.49. The Labute approximate surface area is 113 Å². The van der Waals surface area contributed by atoms with Crippen molar-refractivity contribution in [2.75, 3.05) is 6.61 Å². The lowest BCUT2D eigenvalue weighted by Crippen LogP contribution is -2.38. The SMILES string of the molecule is CC(C)CC(CO)NC(=O)c1ccnc(C2CC2)n1. The molecule has 1 aromatic heterocycles. The molecule has 1 heterocycles. The molecular formula is C14H21N3O2. The molecule has 1 aliphatic rings. The van der Waals surface area contributed by atoms with Crippen molar-refractivity contribution >= 4 is 5.91 Å². The molecule has 0 aromatic carbocycles. The number of nitrogens with one attached hydrogen (secondary N) is 1. The van der Waals surface area contributed by atoms with E-state index in [2.05, 4.69) is 29.1 Å². The third kappa shape index (κ3) is 3.99. The summed E-state index contributed by atoms with van der Waals surface area (Å²) in [6.07, 6.45) is 4.60. The van der Waals surface area contributed by atoms with Crippen LogP contribution in [-0.2, 0) is 0 Å². The molecule has 5 nitrogen and oxygen atoms in total. The summed E-state index contributed by atoms with van der Waals surface area (Å²) in [5, 5.41) is 12.1. The fraction of sp³-hybridized carbons (Fsp3) is 0.643. The van der Waals surface area contributed by atoms with Crippen LogP contribution in [0.25, 0.3) is 0 Å². The summed E-state index contributed by atoms with van der Waals surface area (Å²) < 4.78 is 0. The zero-order valence-electron chi connectivity index (χ0n) is 11.5. The van der Waals surface area contributed by atoms with Gasteiger partial charge in [0, 0.05) is 12.1 Å². The van der Waals surface area contributed by atoms with Crippen LogP contribution in [0.1, 0.15) is 55.3 Å². The lowest BCUT2D eigenvalue weighted by molar-refractivity contribution is 0.0903. The van der Waals surface area contributed by atoms with Gasteiger partial charge < -0.3 is 10.4 Å². The van der Waals surface area contributed by atoms with E-state index in [1.165, 1.54) is 0 Å². The van der Waals surface area contributed by atoms with Crippen LogP contribution in [0.15, 0.2) is 12.3 Å². The van der Waals surface area contributed by atoms with Crippen LogP contribution in [0.5, 0.6) is 0 Å². The first-order valence-corrected chi connectivity index (χ1v) is 6.84. The number of amides is 1. The van der Waals surface area contributed by atoms with E-state index < -0.39 is 0 Å². The Morgan fingerprint density at radius 1 is 1.53 bits per heavy atom. The topological polar surface area (TPSA) is 75.1 Å². The van der Waals surface area contributed by atoms with Crippen LogP contribution >= 0.6 is 0 Å². The maximum Gasteiger partial charge on any atom is 0.270 e. The lowest BCUT2D eigenvalue weighted by atomic mass is 10.0. The van der Waals surface area contributed by atoms with E-state index in [0.29, 0.717) is 17.5 Å². The highest BCUT2D eigenvalue weighted by atomic mass is 16.3. The molecule has 5 heteroatoms. The van der Waals surface area contributed by atoms with Crippen LogP contribution in [0.4, 0.5) is 0 Å². The molecule has 104 valence electrons. The molecule has 1 atom stereocenters. The number of aliphatic hydroxyl groups is 1. The quantitative estimate of drug-likeness (QED) is 0.815. The van der Waals surface area contributed by atoms with Crippen molar-refractivity contribution in [3.05, 3.63) is 23.8 Å². The zero-order valence-corrected chi connectivity index (χ0v) is 11.5. The van der Waals surface area contributed by atoms with Crippen molar-refractivity contribution in [3.63, 3.8) is 0 Å². The van der Waals surface area contributed by atoms with Crippen LogP contribution in [0, 0.1) is 5.92 Å². The van der Waals surface area contributed by atoms with Gasteiger partial charge in [-0.05, 0) is 31.2 Å². The maximum atomic E-state index is 12.1. The van der Waals surface area contributed by atoms with Gasteiger partial charge in [0.1, 0.15) is 11.5 Å². The third-order valence-corrected chi connectivity index (χ3v) is 3.16. The monoisotopic (exact) mass is 263 g/mol. The summed E-state index contributed by atoms with van der Waals surface area (Å²) in [6, 6.07) is 1.40. The Morgan fingerprint density at radius 2 is 2.26 bits per heavy atom. The predicted molar refractivity (Wildman–Crippen MR) is 71.8 cm³/mol. The van der Waals surface area contributed by atoms with Crippen LogP contribution < -0.4 is 5.32 Å². The molecule has 1 amide bonds. The van der Waals surface area contributed by atoms with E-state index in [9.17, 15) is 9.90 Å². The molecule has 1 unspecified atom stereocenters. The van der Waals surface area contributed by atoms with Gasteiger partial charge in [-0.2, -0.15) is 0 Å². The van der Waals surface area contributed by atoms with Gasteiger partial charge in [0.15, 0.2) is 0 Å². The van der Waals surface area contributed by atoms with Crippen molar-refractivity contribution in [2.45, 2.75) is 45.1 Å². The lowest BCUT2D eigenvalue weighted by Gasteiger charge is -2.18. The molecule has 1 fully saturated rings. The second-order valence-electron chi connectivity index (χ2n) is 5.56. The molecule has 2 rings (SSSR count). The first kappa shape index (κ1) is 13.9. The molecular weight excluding hydrogens is 242 g/mol. The van der Waals surface area contributed by atoms with E-state index in [1.807, 2.05) is 0 Å². The van der Waals surface area contributed by atoms with E-state index in [-0.39, 0.29) is 18.6 Å². The molecule has 0 radical (unpaired) electrons. The molecule has 1 aromatic rings. The van der Waals surface area contributed by atoms with Gasteiger partial charge in [0.2, 0.25) is 0 Å². The van der Waals surface area contributed by atoms with E-state index in [1.54, 1.807) is 12.3 Å². The fourth-order valence-electron chi connectivity index (χ4n) is 2.05. The number of carbonyl (C=O) groups is 1. The minimum atomic E-state index is -0.232. The van der Waals surface area contributed by atoms with Gasteiger partial charge in [-0.15, -0.1) is 0 Å². The normalized spacial score (nSPS) is 16.4. The zero-order chi connectivity index (χ0) is 13.8. The minimum absolute atomic E-state index is 0.0511. The van der Waals surface area contributed by atoms with Crippen molar-refractivity contribution in [2.24, 2.45) is 5.92 Å². The molecule has 0 aliphatic heterocycles. The Bertz CT molecular complexity index is 444. The summed E-state index contributed by atoms with van der Waals surface area (Å²) in [6.45, 7) is 4.07. The Balaban J connectivity index is 2.00. The second-order valence-corrected chi connectivity index (χ2v) is 5.56. The smallest absolute Gasteiger partial charge is 0.270 e. The number of hydrogen-bond donors (Lipinski definition) is 2. The summed E-state index contributed by atoms with van der Waals surface area (Å²) in [5.41, 5.74) is 0.388. The highest BCUT2D eigenvalue weighted by molar-refractivity contribution is 5.92. The Morgan fingerprint density at radius 3 is 2.84 bits per heavy atom. The molecule has 0 spiro atoms. The molecule has 1 saturated carbocycles. The summed E-state index contributed by atoms with van der Waals surface area (Å²) >= 11 is 0. The van der Waals surface area contributed by atoms with Gasteiger partial charge in [0.05, 0.1) is 12.6 Å². The van der Waals surface area contributed by atoms with Crippen molar-refractivity contribution in [1.29, 1.82) is 0 Å². The number of carbonyl (C=O) groups excluding carboxylic acids is 1. The van der Waals surface area contributed by atoms with Gasteiger partial charge in [-0.1, -0.05) is 13.8 Å². The Hall–Kier alpha value is -1.49. The minimum Gasteiger partial charge on any atom is -0.394 e. The van der Waals surface area contributed by atoms with Gasteiger partial charge in [0.25, 0.3) is 5.91 Å². The fourth-order valence-corrected chi connectivity index (χ4v) is 2.05. The van der Waals surface area contributed by atoms with Crippen LogP contribution in [0.2, 0.25) is 0 Å². The molecule has 0 saturated heterocycles. The largest absolute Gasteiger partial charge is 0.394 e. The van der Waals surface area contributed by atoms with Crippen molar-refractivity contribution < 1.29 is 9.90 Å². The third-order valence-electron chi connectivity index (χ3n) is 3.16. The van der Waals surface area contributed by atoms with Gasteiger partial charge in [-0.3, -0.25) is 4.79 Å². The molecule has 0 bridgehead atoms. The van der Waals surface area contributed by atoms with Crippen molar-refractivity contribution in [1.82, 2.24) is 15.3 Å². The first-order valence-electron chi connectivity index (χ1n) is 6.84.